The molecule has 1 aliphatic rings. The van der Waals surface area contributed by atoms with Gasteiger partial charge in [0.2, 0.25) is 0 Å². The zero-order valence-electron chi connectivity index (χ0n) is 16.3. The van der Waals surface area contributed by atoms with Crippen molar-refractivity contribution in [3.8, 4) is 11.3 Å². The van der Waals surface area contributed by atoms with Crippen LogP contribution in [0.2, 0.25) is 5.02 Å². The molecule has 0 radical (unpaired) electrons. The van der Waals surface area contributed by atoms with Gasteiger partial charge < -0.3 is 19.5 Å². The van der Waals surface area contributed by atoms with Gasteiger partial charge in [0.1, 0.15) is 17.0 Å². The van der Waals surface area contributed by atoms with Crippen molar-refractivity contribution in [1.82, 2.24) is 5.16 Å². The van der Waals surface area contributed by atoms with Crippen LogP contribution in [0.25, 0.3) is 11.3 Å². The number of methoxy groups -OCH3 is 1. The van der Waals surface area contributed by atoms with Crippen LogP contribution in [0.4, 0.5) is 11.4 Å². The molecule has 0 saturated carbocycles. The minimum atomic E-state index is -0.285. The number of amides is 1. The number of rotatable bonds is 5. The first-order valence-corrected chi connectivity index (χ1v) is 9.85. The molecule has 0 aliphatic carbocycles. The number of carbonyl (C=O) groups excluding carboxylic acids is 1. The van der Waals surface area contributed by atoms with Crippen LogP contribution < -0.4 is 10.2 Å². The van der Waals surface area contributed by atoms with Crippen LogP contribution in [0.5, 0.6) is 0 Å². The van der Waals surface area contributed by atoms with Crippen LogP contribution in [0.1, 0.15) is 22.5 Å². The highest BCUT2D eigenvalue weighted by Crippen LogP contribution is 2.31. The van der Waals surface area contributed by atoms with Gasteiger partial charge in [-0.1, -0.05) is 35.0 Å². The van der Waals surface area contributed by atoms with E-state index in [-0.39, 0.29) is 12.0 Å². The summed E-state index contributed by atoms with van der Waals surface area (Å²) in [5.74, 6) is 0.156. The quantitative estimate of drug-likeness (QED) is 0.654. The van der Waals surface area contributed by atoms with Gasteiger partial charge in [0.25, 0.3) is 5.91 Å². The molecule has 29 heavy (non-hydrogen) atoms. The van der Waals surface area contributed by atoms with Crippen molar-refractivity contribution in [1.29, 1.82) is 0 Å². The predicted octanol–water partition coefficient (Wildman–Crippen LogP) is 4.78. The smallest absolute Gasteiger partial charge is 0.261 e. The van der Waals surface area contributed by atoms with Crippen LogP contribution in [-0.2, 0) is 4.74 Å². The summed E-state index contributed by atoms with van der Waals surface area (Å²) in [6.07, 6.45) is 1.29. The molecule has 1 atom stereocenters. The lowest BCUT2D eigenvalue weighted by atomic mass is 10.1. The molecule has 2 heterocycles. The van der Waals surface area contributed by atoms with Crippen LogP contribution in [-0.4, -0.2) is 37.4 Å². The molecule has 4 rings (SSSR count). The van der Waals surface area contributed by atoms with E-state index in [2.05, 4.69) is 15.4 Å². The predicted molar refractivity (Wildman–Crippen MR) is 114 cm³/mol. The largest absolute Gasteiger partial charge is 0.380 e. The Morgan fingerprint density at radius 3 is 2.69 bits per heavy atom. The second-order valence-electron chi connectivity index (χ2n) is 7.04. The molecule has 0 bridgehead atoms. The van der Waals surface area contributed by atoms with Gasteiger partial charge in [0, 0.05) is 37.1 Å². The normalized spacial score (nSPS) is 16.2. The molecule has 6 nitrogen and oxygen atoms in total. The number of aromatic nitrogens is 1. The Hall–Kier alpha value is -2.83. The van der Waals surface area contributed by atoms with Crippen LogP contribution in [0.15, 0.2) is 53.1 Å². The lowest BCUT2D eigenvalue weighted by Crippen LogP contribution is -2.22. The maximum atomic E-state index is 12.9. The number of hydrogen-bond donors (Lipinski definition) is 1. The van der Waals surface area contributed by atoms with Crippen LogP contribution in [0.3, 0.4) is 0 Å². The van der Waals surface area contributed by atoms with Crippen molar-refractivity contribution in [2.24, 2.45) is 0 Å². The lowest BCUT2D eigenvalue weighted by molar-refractivity contribution is 0.102. The molecule has 2 aromatic carbocycles. The van der Waals surface area contributed by atoms with E-state index in [1.165, 1.54) is 0 Å². The molecule has 1 amide bonds. The summed E-state index contributed by atoms with van der Waals surface area (Å²) >= 11 is 6.28. The maximum Gasteiger partial charge on any atom is 0.261 e. The first-order valence-electron chi connectivity index (χ1n) is 9.47. The summed E-state index contributed by atoms with van der Waals surface area (Å²) in [5, 5.41) is 7.49. The standard InChI is InChI=1S/C22H22ClN3O3/c1-14-20(21(25-29-14)18-5-3-4-6-19(18)23)22(27)24-15-7-9-16(10-8-15)26-12-11-17(13-26)28-2/h3-10,17H,11-13H2,1-2H3,(H,24,27). The SMILES string of the molecule is COC1CCN(c2ccc(NC(=O)c3c(-c4ccccc4Cl)noc3C)cc2)C1. The number of aryl methyl sites for hydroxylation is 1. The van der Waals surface area contributed by atoms with E-state index in [4.69, 9.17) is 20.9 Å². The van der Waals surface area contributed by atoms with E-state index in [9.17, 15) is 4.79 Å². The summed E-state index contributed by atoms with van der Waals surface area (Å²) in [6, 6.07) is 15.0. The fourth-order valence-corrected chi connectivity index (χ4v) is 3.81. The van der Waals surface area contributed by atoms with Gasteiger partial charge in [-0.05, 0) is 43.7 Å². The van der Waals surface area contributed by atoms with Gasteiger partial charge in [-0.15, -0.1) is 0 Å². The zero-order chi connectivity index (χ0) is 20.4. The number of hydrogen-bond acceptors (Lipinski definition) is 5. The summed E-state index contributed by atoms with van der Waals surface area (Å²) in [6.45, 7) is 3.56. The van der Waals surface area contributed by atoms with E-state index in [1.807, 2.05) is 42.5 Å². The summed E-state index contributed by atoms with van der Waals surface area (Å²) < 4.78 is 10.7. The van der Waals surface area contributed by atoms with Gasteiger partial charge >= 0.3 is 0 Å². The van der Waals surface area contributed by atoms with E-state index in [1.54, 1.807) is 20.1 Å². The van der Waals surface area contributed by atoms with Crippen molar-refractivity contribution in [2.45, 2.75) is 19.4 Å². The topological polar surface area (TPSA) is 67.6 Å². The Balaban J connectivity index is 1.52. The Bertz CT molecular complexity index is 1020. The Morgan fingerprint density at radius 2 is 2.00 bits per heavy atom. The summed E-state index contributed by atoms with van der Waals surface area (Å²) in [7, 11) is 1.75. The fraction of sp³-hybridized carbons (Fsp3) is 0.273. The highest BCUT2D eigenvalue weighted by molar-refractivity contribution is 6.33. The van der Waals surface area contributed by atoms with Crippen molar-refractivity contribution in [2.75, 3.05) is 30.4 Å². The maximum absolute atomic E-state index is 12.9. The third-order valence-electron chi connectivity index (χ3n) is 5.19. The number of halogens is 1. The molecule has 150 valence electrons. The van der Waals surface area contributed by atoms with Crippen molar-refractivity contribution in [3.63, 3.8) is 0 Å². The third kappa shape index (κ3) is 3.99. The molecule has 3 aromatic rings. The molecule has 1 fully saturated rings. The van der Waals surface area contributed by atoms with Crippen LogP contribution >= 0.6 is 11.6 Å². The number of nitrogens with zero attached hydrogens (tertiary/aromatic N) is 2. The molecule has 0 spiro atoms. The average molecular weight is 412 g/mol. The molecular weight excluding hydrogens is 390 g/mol. The van der Waals surface area contributed by atoms with Crippen molar-refractivity contribution >= 4 is 28.9 Å². The Morgan fingerprint density at radius 1 is 1.24 bits per heavy atom. The Kier molecular flexibility index (Phi) is 5.56. The second-order valence-corrected chi connectivity index (χ2v) is 7.44. The van der Waals surface area contributed by atoms with E-state index < -0.39 is 0 Å². The van der Waals surface area contributed by atoms with Gasteiger partial charge in [-0.25, -0.2) is 0 Å². The van der Waals surface area contributed by atoms with E-state index in [0.717, 1.165) is 25.2 Å². The summed E-state index contributed by atoms with van der Waals surface area (Å²) in [4.78, 5) is 15.2. The highest BCUT2D eigenvalue weighted by Gasteiger charge is 2.24. The number of ether oxygens (including phenoxy) is 1. The van der Waals surface area contributed by atoms with Gasteiger partial charge in [0.05, 0.1) is 11.1 Å². The first kappa shape index (κ1) is 19.5. The number of carbonyl (C=O) groups is 1. The minimum Gasteiger partial charge on any atom is -0.380 e. The van der Waals surface area contributed by atoms with Crippen LogP contribution in [0, 0.1) is 6.92 Å². The van der Waals surface area contributed by atoms with Gasteiger partial charge in [-0.3, -0.25) is 4.79 Å². The van der Waals surface area contributed by atoms with Crippen molar-refractivity contribution in [3.05, 3.63) is 64.9 Å². The third-order valence-corrected chi connectivity index (χ3v) is 5.52. The monoisotopic (exact) mass is 411 g/mol. The highest BCUT2D eigenvalue weighted by atomic mass is 35.5. The molecule has 1 aromatic heterocycles. The van der Waals surface area contributed by atoms with Gasteiger partial charge in [-0.2, -0.15) is 0 Å². The van der Waals surface area contributed by atoms with Gasteiger partial charge in [0.15, 0.2) is 0 Å². The molecular formula is C22H22ClN3O3. The number of nitrogens with one attached hydrogen (secondary N) is 1. The average Bonchev–Trinajstić information content (AvgIpc) is 3.36. The Labute approximate surface area is 174 Å². The molecule has 1 aliphatic heterocycles. The van der Waals surface area contributed by atoms with E-state index in [0.29, 0.717) is 33.3 Å². The number of benzene rings is 2. The van der Waals surface area contributed by atoms with Crippen molar-refractivity contribution < 1.29 is 14.1 Å². The number of anilines is 2. The summed E-state index contributed by atoms with van der Waals surface area (Å²) in [5.41, 5.74) is 3.29. The minimum absolute atomic E-state index is 0.272. The van der Waals surface area contributed by atoms with E-state index >= 15 is 0 Å². The first-order chi connectivity index (χ1) is 14.1. The molecule has 7 heteroatoms. The molecule has 1 N–H and O–H groups in total. The fourth-order valence-electron chi connectivity index (χ4n) is 3.58. The zero-order valence-corrected chi connectivity index (χ0v) is 17.1. The molecule has 1 saturated heterocycles. The lowest BCUT2D eigenvalue weighted by Gasteiger charge is -2.18. The second kappa shape index (κ2) is 8.27. The molecule has 1 unspecified atom stereocenters.